The van der Waals surface area contributed by atoms with Crippen molar-refractivity contribution in [2.45, 2.75) is 242 Å². The Morgan fingerprint density at radius 1 is 0.750 bits per heavy atom. The van der Waals surface area contributed by atoms with Crippen molar-refractivity contribution in [3.63, 3.8) is 0 Å². The number of methoxy groups -OCH3 is 1. The molecule has 406 valence electrons. The second-order valence-corrected chi connectivity index (χ2v) is 29.4. The Kier molecular flexibility index (Phi) is 15.0. The van der Waals surface area contributed by atoms with Gasteiger partial charge in [0.25, 0.3) is 0 Å². The standard InChI is InChI=1S/C64H104N2O6/c1-39(2)16-14-17-41(5)46-21-22-47-45-20-19-42-38-43(25-30-59(42,8)48(45)27-31-60(46,47)9)72-56(69)64-34-26-44(40(3)4)54(64)49-23-24-52-61(10)32-29-53(65-37-15-18-50(55(67)68)66-57(70)71-13)58(6,7)51(61)28-33-63(52,12)62(49,11)35-36-64/h19,39,41,43-54,65H,3,14-18,20-38H2,1-2,4-13H3,(H,66,70)(H,67,68)/t41-,43-,44+,45+,46-,47+,48+,49-,50?,51?,52-,53?,54?,59+,60-,61+,62-,63-,64+/m1/s1. The van der Waals surface area contributed by atoms with Crippen LogP contribution in [0.25, 0.3) is 0 Å². The first-order valence-corrected chi connectivity index (χ1v) is 30.3. The molecule has 9 aliphatic carbocycles. The smallest absolute Gasteiger partial charge is 0.407 e. The number of aliphatic carboxylic acids is 1. The molecular formula is C64H104N2O6. The molecule has 8 fully saturated rings. The van der Waals surface area contributed by atoms with Crippen LogP contribution in [-0.4, -0.2) is 55.0 Å². The topological polar surface area (TPSA) is 114 Å². The number of carboxylic acids is 1. The molecule has 9 aliphatic rings. The number of ether oxygens (including phenoxy) is 2. The molecule has 4 unspecified atom stereocenters. The van der Waals surface area contributed by atoms with E-state index in [4.69, 9.17) is 4.74 Å². The Balaban J connectivity index is 0.864. The van der Waals surface area contributed by atoms with Gasteiger partial charge >= 0.3 is 18.0 Å². The summed E-state index contributed by atoms with van der Waals surface area (Å²) in [7, 11) is 1.26. The first-order valence-electron chi connectivity index (χ1n) is 30.3. The molecular weight excluding hydrogens is 893 g/mol. The fourth-order valence-corrected chi connectivity index (χ4v) is 21.9. The van der Waals surface area contributed by atoms with Crippen molar-refractivity contribution in [2.24, 2.45) is 103 Å². The van der Waals surface area contributed by atoms with Crippen LogP contribution in [0.15, 0.2) is 23.8 Å². The van der Waals surface area contributed by atoms with E-state index in [-0.39, 0.29) is 39.1 Å². The molecule has 8 nitrogen and oxygen atoms in total. The Morgan fingerprint density at radius 2 is 1.49 bits per heavy atom. The molecule has 0 aliphatic heterocycles. The minimum atomic E-state index is -1.03. The Labute approximate surface area is 438 Å². The molecule has 0 heterocycles. The van der Waals surface area contributed by atoms with Crippen molar-refractivity contribution in [2.75, 3.05) is 13.7 Å². The number of esters is 1. The number of hydrogen-bond donors (Lipinski definition) is 3. The van der Waals surface area contributed by atoms with Gasteiger partial charge in [0, 0.05) is 12.5 Å². The Morgan fingerprint density at radius 3 is 2.19 bits per heavy atom. The molecule has 0 aromatic heterocycles. The first kappa shape index (κ1) is 54.4. The maximum absolute atomic E-state index is 15.4. The third kappa shape index (κ3) is 8.72. The number of carbonyl (C=O) groups excluding carboxylic acids is 2. The van der Waals surface area contributed by atoms with E-state index in [0.29, 0.717) is 53.9 Å². The van der Waals surface area contributed by atoms with Crippen molar-refractivity contribution >= 4 is 18.0 Å². The number of allylic oxidation sites excluding steroid dienone is 2. The number of carboxylic acid groups (broad SMARTS) is 1. The molecule has 3 N–H and O–H groups in total. The van der Waals surface area contributed by atoms with Crippen LogP contribution in [0.5, 0.6) is 0 Å². The number of rotatable bonds is 15. The molecule has 19 atom stereocenters. The van der Waals surface area contributed by atoms with Crippen LogP contribution in [0.2, 0.25) is 0 Å². The van der Waals surface area contributed by atoms with E-state index in [1.54, 1.807) is 5.57 Å². The average Bonchev–Trinajstić information content (AvgIpc) is 3.90. The van der Waals surface area contributed by atoms with Crippen molar-refractivity contribution in [1.82, 2.24) is 10.6 Å². The predicted octanol–water partition coefficient (Wildman–Crippen LogP) is 15.1. The summed E-state index contributed by atoms with van der Waals surface area (Å²) in [4.78, 5) is 39.1. The molecule has 0 aromatic rings. The molecule has 8 saturated carbocycles. The molecule has 8 heteroatoms. The lowest BCUT2D eigenvalue weighted by molar-refractivity contribution is -0.242. The van der Waals surface area contributed by atoms with Crippen molar-refractivity contribution < 1.29 is 29.0 Å². The molecule has 9 rings (SSSR count). The van der Waals surface area contributed by atoms with Crippen molar-refractivity contribution in [3.05, 3.63) is 23.8 Å². The minimum absolute atomic E-state index is 0.00122. The van der Waals surface area contributed by atoms with E-state index in [2.05, 4.69) is 104 Å². The number of nitrogens with one attached hydrogen (secondary N) is 2. The molecule has 0 spiro atoms. The number of carbonyl (C=O) groups is 3. The van der Waals surface area contributed by atoms with E-state index in [1.165, 1.54) is 103 Å². The second-order valence-electron chi connectivity index (χ2n) is 29.4. The Hall–Kier alpha value is -2.35. The highest BCUT2D eigenvalue weighted by Gasteiger charge is 2.72. The van der Waals surface area contributed by atoms with Crippen molar-refractivity contribution in [3.8, 4) is 0 Å². The number of amides is 1. The van der Waals surface area contributed by atoms with Crippen LogP contribution in [0.4, 0.5) is 4.79 Å². The SMILES string of the molecule is C=C(C)[C@@H]1CC[C@]2(C(=O)O[C@@H]3CC[C@@]4(C)C(=CC[C@H]5[C@@H]6CC[C@H]([C@H](C)CCCC(C)C)[C@@]6(C)CC[C@@H]54)C3)CC[C@]3(C)[C@H](CC[C@@H]4[C@@]5(C)CCC(NCCCC(NC(=O)OC)C(=O)O)C(C)(C)C5CC[C@]43C)C12. The summed E-state index contributed by atoms with van der Waals surface area (Å²) < 4.78 is 11.7. The minimum Gasteiger partial charge on any atom is -0.480 e. The summed E-state index contributed by atoms with van der Waals surface area (Å²) in [6.07, 6.45) is 28.5. The van der Waals surface area contributed by atoms with Gasteiger partial charge in [-0.3, -0.25) is 4.79 Å². The monoisotopic (exact) mass is 997 g/mol. The van der Waals surface area contributed by atoms with E-state index >= 15 is 4.79 Å². The maximum Gasteiger partial charge on any atom is 0.407 e. The normalized spacial score (nSPS) is 45.6. The van der Waals surface area contributed by atoms with Crippen LogP contribution in [0.3, 0.4) is 0 Å². The van der Waals surface area contributed by atoms with Crippen LogP contribution >= 0.6 is 0 Å². The summed E-state index contributed by atoms with van der Waals surface area (Å²) in [5.74, 6) is 6.48. The highest BCUT2D eigenvalue weighted by molar-refractivity contribution is 5.80. The highest BCUT2D eigenvalue weighted by Crippen LogP contribution is 2.78. The fourth-order valence-electron chi connectivity index (χ4n) is 21.9. The zero-order valence-corrected chi connectivity index (χ0v) is 47.8. The van der Waals surface area contributed by atoms with Gasteiger partial charge in [0.2, 0.25) is 0 Å². The van der Waals surface area contributed by atoms with Gasteiger partial charge in [-0.15, -0.1) is 0 Å². The van der Waals surface area contributed by atoms with Gasteiger partial charge in [-0.25, -0.2) is 9.59 Å². The molecule has 0 bridgehead atoms. The lowest BCUT2D eigenvalue weighted by atomic mass is 9.32. The van der Waals surface area contributed by atoms with Gasteiger partial charge in [-0.05, 0) is 233 Å². The first-order chi connectivity index (χ1) is 33.9. The van der Waals surface area contributed by atoms with E-state index in [9.17, 15) is 14.7 Å². The van der Waals surface area contributed by atoms with Gasteiger partial charge < -0.3 is 25.2 Å². The predicted molar refractivity (Wildman–Crippen MR) is 290 cm³/mol. The molecule has 0 radical (unpaired) electrons. The second kappa shape index (κ2) is 19.9. The quantitative estimate of drug-likeness (QED) is 0.0851. The van der Waals surface area contributed by atoms with E-state index in [0.717, 1.165) is 87.0 Å². The number of hydrogen-bond acceptors (Lipinski definition) is 6. The Bertz CT molecular complexity index is 2080. The van der Waals surface area contributed by atoms with Gasteiger partial charge in [-0.2, -0.15) is 0 Å². The molecule has 0 aromatic carbocycles. The molecule has 1 amide bonds. The largest absolute Gasteiger partial charge is 0.480 e. The molecule has 0 saturated heterocycles. The summed E-state index contributed by atoms with van der Waals surface area (Å²) >= 11 is 0. The lowest BCUT2D eigenvalue weighted by Crippen LogP contribution is -2.68. The van der Waals surface area contributed by atoms with E-state index < -0.39 is 23.5 Å². The summed E-state index contributed by atoms with van der Waals surface area (Å²) in [5, 5.41) is 16.1. The lowest BCUT2D eigenvalue weighted by Gasteiger charge is -2.73. The molecule has 72 heavy (non-hydrogen) atoms. The fraction of sp³-hybridized carbons (Fsp3) is 0.891. The van der Waals surface area contributed by atoms with Crippen LogP contribution in [0, 0.1) is 103 Å². The van der Waals surface area contributed by atoms with Crippen LogP contribution in [-0.2, 0) is 19.1 Å². The van der Waals surface area contributed by atoms with Gasteiger partial charge in [0.1, 0.15) is 12.1 Å². The highest BCUT2D eigenvalue weighted by atomic mass is 16.5. The van der Waals surface area contributed by atoms with Crippen LogP contribution < -0.4 is 10.6 Å². The average molecular weight is 998 g/mol. The summed E-state index contributed by atoms with van der Waals surface area (Å²) in [6, 6.07) is -0.603. The van der Waals surface area contributed by atoms with Crippen molar-refractivity contribution in [1.29, 1.82) is 0 Å². The summed E-state index contributed by atoms with van der Waals surface area (Å²) in [6.45, 7) is 33.4. The van der Waals surface area contributed by atoms with Crippen LogP contribution in [0.1, 0.15) is 224 Å². The zero-order valence-electron chi connectivity index (χ0n) is 47.8. The van der Waals surface area contributed by atoms with Gasteiger partial charge in [0.15, 0.2) is 0 Å². The third-order valence-electron chi connectivity index (χ3n) is 25.9. The maximum atomic E-state index is 15.4. The number of alkyl carbamates (subject to hydrolysis) is 1. The third-order valence-corrected chi connectivity index (χ3v) is 25.9. The number of fused-ring (bicyclic) bond motifs is 12. The summed E-state index contributed by atoms with van der Waals surface area (Å²) in [5.41, 5.74) is 3.89. The van der Waals surface area contributed by atoms with Gasteiger partial charge in [-0.1, -0.05) is 112 Å². The van der Waals surface area contributed by atoms with Gasteiger partial charge in [0.05, 0.1) is 12.5 Å². The van der Waals surface area contributed by atoms with E-state index in [1.807, 2.05) is 0 Å². The zero-order chi connectivity index (χ0) is 52.0.